The highest BCUT2D eigenvalue weighted by molar-refractivity contribution is 5.96. The predicted molar refractivity (Wildman–Crippen MR) is 108 cm³/mol. The molecule has 0 aliphatic heterocycles. The third-order valence-corrected chi connectivity index (χ3v) is 4.14. The molecule has 0 spiro atoms. The number of hydrogen-bond acceptors (Lipinski definition) is 7. The number of ether oxygens (including phenoxy) is 2. The highest BCUT2D eigenvalue weighted by Gasteiger charge is 2.15. The Bertz CT molecular complexity index is 1110. The van der Waals surface area contributed by atoms with Gasteiger partial charge in [0.05, 0.1) is 18.1 Å². The molecule has 0 fully saturated rings. The fourth-order valence-electron chi connectivity index (χ4n) is 2.59. The SMILES string of the molecule is COc1ccc(C(=O)NCC(=O)OC/C(O)=C(\C#N)c2nc3ccccc3[nH]2)cc1. The Kier molecular flexibility index (Phi) is 6.29. The Morgan fingerprint density at radius 2 is 1.93 bits per heavy atom. The summed E-state index contributed by atoms with van der Waals surface area (Å²) in [5, 5.41) is 21.9. The third kappa shape index (κ3) is 4.74. The summed E-state index contributed by atoms with van der Waals surface area (Å²) in [4.78, 5) is 31.1. The molecule has 1 heterocycles. The monoisotopic (exact) mass is 406 g/mol. The first-order valence-corrected chi connectivity index (χ1v) is 8.87. The van der Waals surface area contributed by atoms with Crippen molar-refractivity contribution in [1.82, 2.24) is 15.3 Å². The minimum absolute atomic E-state index is 0.138. The first-order chi connectivity index (χ1) is 14.5. The van der Waals surface area contributed by atoms with Crippen molar-refractivity contribution in [1.29, 1.82) is 5.26 Å². The van der Waals surface area contributed by atoms with E-state index in [-0.39, 0.29) is 11.4 Å². The summed E-state index contributed by atoms with van der Waals surface area (Å²) in [6.45, 7) is -0.929. The second-order valence-corrected chi connectivity index (χ2v) is 6.11. The number of aromatic nitrogens is 2. The number of carbonyl (C=O) groups excluding carboxylic acids is 2. The predicted octanol–water partition coefficient (Wildman–Crippen LogP) is 2.34. The van der Waals surface area contributed by atoms with E-state index < -0.39 is 30.8 Å². The molecule has 152 valence electrons. The fraction of sp³-hybridized carbons (Fsp3) is 0.143. The first kappa shape index (κ1) is 20.4. The van der Waals surface area contributed by atoms with Crippen LogP contribution in [0.5, 0.6) is 5.75 Å². The number of esters is 1. The molecule has 0 saturated carbocycles. The van der Waals surface area contributed by atoms with Crippen LogP contribution in [0.3, 0.4) is 0 Å². The molecule has 3 N–H and O–H groups in total. The minimum Gasteiger partial charge on any atom is -0.507 e. The number of H-pyrrole nitrogens is 1. The summed E-state index contributed by atoms with van der Waals surface area (Å²) in [5.41, 5.74) is 1.54. The molecular formula is C21H18N4O5. The van der Waals surface area contributed by atoms with Gasteiger partial charge in [0.15, 0.2) is 11.6 Å². The van der Waals surface area contributed by atoms with Crippen LogP contribution in [0.1, 0.15) is 16.2 Å². The number of amides is 1. The lowest BCUT2D eigenvalue weighted by atomic mass is 10.2. The number of nitrogens with one attached hydrogen (secondary N) is 2. The second kappa shape index (κ2) is 9.25. The maximum Gasteiger partial charge on any atom is 0.325 e. The third-order valence-electron chi connectivity index (χ3n) is 4.14. The molecule has 1 aromatic heterocycles. The van der Waals surface area contributed by atoms with Gasteiger partial charge in [-0.25, -0.2) is 4.98 Å². The quantitative estimate of drug-likeness (QED) is 0.311. The smallest absolute Gasteiger partial charge is 0.325 e. The lowest BCUT2D eigenvalue weighted by Crippen LogP contribution is -2.30. The average Bonchev–Trinajstić information content (AvgIpc) is 3.20. The maximum atomic E-state index is 12.0. The van der Waals surface area contributed by atoms with Crippen LogP contribution in [0.25, 0.3) is 16.6 Å². The molecule has 0 radical (unpaired) electrons. The molecule has 1 amide bonds. The molecular weight excluding hydrogens is 388 g/mol. The zero-order valence-corrected chi connectivity index (χ0v) is 16.0. The van der Waals surface area contributed by atoms with Gasteiger partial charge in [0.25, 0.3) is 5.91 Å². The summed E-state index contributed by atoms with van der Waals surface area (Å²) in [6, 6.07) is 15.3. The van der Waals surface area contributed by atoms with Crippen LogP contribution >= 0.6 is 0 Å². The lowest BCUT2D eigenvalue weighted by Gasteiger charge is -2.07. The van der Waals surface area contributed by atoms with Gasteiger partial charge in [-0.1, -0.05) is 12.1 Å². The van der Waals surface area contributed by atoms with Crippen LogP contribution in [0, 0.1) is 11.3 Å². The van der Waals surface area contributed by atoms with Crippen molar-refractivity contribution in [3.8, 4) is 11.8 Å². The van der Waals surface area contributed by atoms with Crippen molar-refractivity contribution in [3.05, 3.63) is 65.7 Å². The van der Waals surface area contributed by atoms with Gasteiger partial charge in [-0.3, -0.25) is 9.59 Å². The van der Waals surface area contributed by atoms with Gasteiger partial charge in [0, 0.05) is 5.56 Å². The molecule has 0 bridgehead atoms. The molecule has 0 aliphatic carbocycles. The van der Waals surface area contributed by atoms with E-state index in [0.717, 1.165) is 0 Å². The standard InChI is InChI=1S/C21H18N4O5/c1-29-14-8-6-13(7-9-14)21(28)23-11-19(27)30-12-18(26)15(10-22)20-24-16-4-2-3-5-17(16)25-20/h2-9,26H,11-12H2,1H3,(H,23,28)(H,24,25)/b18-15-. The van der Waals surface area contributed by atoms with E-state index >= 15 is 0 Å². The van der Waals surface area contributed by atoms with Crippen molar-refractivity contribution in [2.45, 2.75) is 0 Å². The highest BCUT2D eigenvalue weighted by Crippen LogP contribution is 2.18. The zero-order valence-electron chi connectivity index (χ0n) is 16.0. The number of imidazole rings is 1. The van der Waals surface area contributed by atoms with E-state index in [0.29, 0.717) is 22.3 Å². The van der Waals surface area contributed by atoms with Crippen molar-refractivity contribution < 1.29 is 24.2 Å². The number of aliphatic hydroxyl groups excluding tert-OH is 1. The number of benzene rings is 2. The van der Waals surface area contributed by atoms with Crippen molar-refractivity contribution in [3.63, 3.8) is 0 Å². The van der Waals surface area contributed by atoms with E-state index in [1.165, 1.54) is 7.11 Å². The van der Waals surface area contributed by atoms with Gasteiger partial charge in [-0.15, -0.1) is 0 Å². The number of fused-ring (bicyclic) bond motifs is 1. The normalized spacial score (nSPS) is 11.3. The molecule has 0 saturated heterocycles. The molecule has 3 rings (SSSR count). The van der Waals surface area contributed by atoms with Gasteiger partial charge < -0.3 is 24.9 Å². The van der Waals surface area contributed by atoms with Gasteiger partial charge in [0.2, 0.25) is 0 Å². The summed E-state index contributed by atoms with van der Waals surface area (Å²) in [5.74, 6) is -0.919. The summed E-state index contributed by atoms with van der Waals surface area (Å²) in [7, 11) is 1.51. The van der Waals surface area contributed by atoms with Gasteiger partial charge >= 0.3 is 5.97 Å². The number of aromatic amines is 1. The van der Waals surface area contributed by atoms with Crippen LogP contribution in [0.4, 0.5) is 0 Å². The molecule has 30 heavy (non-hydrogen) atoms. The van der Waals surface area contributed by atoms with Crippen LogP contribution < -0.4 is 10.1 Å². The number of para-hydroxylation sites is 2. The minimum atomic E-state index is -0.773. The zero-order chi connectivity index (χ0) is 21.5. The molecule has 9 heteroatoms. The van der Waals surface area contributed by atoms with E-state index in [1.54, 1.807) is 42.5 Å². The van der Waals surface area contributed by atoms with E-state index in [2.05, 4.69) is 15.3 Å². The maximum absolute atomic E-state index is 12.0. The van der Waals surface area contributed by atoms with Crippen LogP contribution in [0.15, 0.2) is 54.3 Å². The Balaban J connectivity index is 1.57. The van der Waals surface area contributed by atoms with Crippen molar-refractivity contribution in [2.75, 3.05) is 20.3 Å². The lowest BCUT2D eigenvalue weighted by molar-refractivity contribution is -0.142. The number of nitriles is 1. The average molecular weight is 406 g/mol. The number of rotatable bonds is 7. The summed E-state index contributed by atoms with van der Waals surface area (Å²) >= 11 is 0. The molecule has 9 nitrogen and oxygen atoms in total. The first-order valence-electron chi connectivity index (χ1n) is 8.87. The number of methoxy groups -OCH3 is 1. The Morgan fingerprint density at radius 1 is 1.20 bits per heavy atom. The highest BCUT2D eigenvalue weighted by atomic mass is 16.5. The van der Waals surface area contributed by atoms with Gasteiger partial charge in [-0.05, 0) is 36.4 Å². The fourth-order valence-corrected chi connectivity index (χ4v) is 2.59. The second-order valence-electron chi connectivity index (χ2n) is 6.11. The van der Waals surface area contributed by atoms with Crippen LogP contribution in [0.2, 0.25) is 0 Å². The van der Waals surface area contributed by atoms with Crippen molar-refractivity contribution >= 4 is 28.5 Å². The molecule has 0 atom stereocenters. The number of carbonyl (C=O) groups is 2. The summed E-state index contributed by atoms with van der Waals surface area (Å²) < 4.78 is 9.95. The van der Waals surface area contributed by atoms with Crippen LogP contribution in [-0.4, -0.2) is 47.2 Å². The van der Waals surface area contributed by atoms with E-state index in [9.17, 15) is 20.0 Å². The number of nitrogens with zero attached hydrogens (tertiary/aromatic N) is 2. The molecule has 0 aliphatic rings. The number of allylic oxidation sites excluding steroid dienone is 1. The topological polar surface area (TPSA) is 137 Å². The Labute approximate surface area is 171 Å². The Hall–Kier alpha value is -4.32. The van der Waals surface area contributed by atoms with E-state index in [1.807, 2.05) is 12.1 Å². The summed E-state index contributed by atoms with van der Waals surface area (Å²) in [6.07, 6.45) is 0. The van der Waals surface area contributed by atoms with Crippen LogP contribution in [-0.2, 0) is 9.53 Å². The van der Waals surface area contributed by atoms with Gasteiger partial charge in [-0.2, -0.15) is 5.26 Å². The molecule has 2 aromatic carbocycles. The number of aliphatic hydroxyl groups is 1. The van der Waals surface area contributed by atoms with E-state index in [4.69, 9.17) is 9.47 Å². The largest absolute Gasteiger partial charge is 0.507 e. The molecule has 0 unspecified atom stereocenters. The Morgan fingerprint density at radius 3 is 2.60 bits per heavy atom. The molecule has 3 aromatic rings. The van der Waals surface area contributed by atoms with Gasteiger partial charge in [0.1, 0.15) is 30.5 Å². The van der Waals surface area contributed by atoms with Crippen molar-refractivity contribution in [2.24, 2.45) is 0 Å². The number of hydrogen-bond donors (Lipinski definition) is 3.